The molecule has 0 bridgehead atoms. The SMILES string of the molecule is CCOC(=O)CCCC1(C)C(/C=C/C=C/Nc2ccccc2)=[N+](CCCS(=O)(=O)O)c2ccc(S(=O)(=O)[O-])cc21. The van der Waals surface area contributed by atoms with Crippen molar-refractivity contribution in [2.24, 2.45) is 0 Å². The predicted molar refractivity (Wildman–Crippen MR) is 151 cm³/mol. The number of hydrogen-bond donors (Lipinski definition) is 2. The van der Waals surface area contributed by atoms with Crippen molar-refractivity contribution < 1.29 is 40.0 Å². The number of hydrogen-bond acceptors (Lipinski definition) is 8. The minimum absolute atomic E-state index is 0.0987. The molecule has 1 aliphatic rings. The second-order valence-electron chi connectivity index (χ2n) is 9.53. The van der Waals surface area contributed by atoms with E-state index in [1.807, 2.05) is 47.9 Å². The Morgan fingerprint density at radius 1 is 1.10 bits per heavy atom. The summed E-state index contributed by atoms with van der Waals surface area (Å²) in [5.74, 6) is -0.805. The highest BCUT2D eigenvalue weighted by Gasteiger charge is 2.47. The van der Waals surface area contributed by atoms with Gasteiger partial charge in [-0.05, 0) is 57.0 Å². The lowest BCUT2D eigenvalue weighted by Crippen LogP contribution is -2.32. The molecule has 3 rings (SSSR count). The van der Waals surface area contributed by atoms with Crippen LogP contribution in [-0.2, 0) is 35.2 Å². The number of nitrogens with one attached hydrogen (secondary N) is 1. The van der Waals surface area contributed by atoms with Gasteiger partial charge in [0.15, 0.2) is 5.71 Å². The maximum atomic E-state index is 12.0. The van der Waals surface area contributed by atoms with E-state index in [1.54, 1.807) is 25.3 Å². The van der Waals surface area contributed by atoms with Crippen molar-refractivity contribution in [3.05, 3.63) is 78.5 Å². The van der Waals surface area contributed by atoms with Crippen LogP contribution < -0.4 is 5.32 Å². The van der Waals surface area contributed by atoms with Crippen molar-refractivity contribution in [3.8, 4) is 0 Å². The Balaban J connectivity index is 2.02. The third kappa shape index (κ3) is 8.34. The molecule has 2 aromatic carbocycles. The van der Waals surface area contributed by atoms with E-state index in [9.17, 15) is 30.7 Å². The van der Waals surface area contributed by atoms with E-state index in [-0.39, 0.29) is 36.9 Å². The summed E-state index contributed by atoms with van der Waals surface area (Å²) < 4.78 is 74.5. The Hall–Kier alpha value is -3.32. The average molecular weight is 591 g/mol. The summed E-state index contributed by atoms with van der Waals surface area (Å²) in [6.07, 6.45) is 8.25. The number of anilines is 1. The summed E-state index contributed by atoms with van der Waals surface area (Å²) in [5.41, 5.74) is 2.00. The van der Waals surface area contributed by atoms with Crippen molar-refractivity contribution in [2.45, 2.75) is 49.8 Å². The van der Waals surface area contributed by atoms with Crippen LogP contribution in [0.15, 0.2) is 77.9 Å². The minimum atomic E-state index is -4.74. The van der Waals surface area contributed by atoms with Gasteiger partial charge in [-0.1, -0.05) is 24.3 Å². The number of carbonyl (C=O) groups is 1. The summed E-state index contributed by atoms with van der Waals surface area (Å²) in [7, 11) is -8.93. The lowest BCUT2D eigenvalue weighted by atomic mass is 9.75. The smallest absolute Gasteiger partial charge is 0.305 e. The van der Waals surface area contributed by atoms with Crippen molar-refractivity contribution in [2.75, 3.05) is 24.2 Å². The zero-order valence-electron chi connectivity index (χ0n) is 22.4. The number of rotatable bonds is 14. The third-order valence-corrected chi connectivity index (χ3v) is 8.27. The molecule has 0 saturated heterocycles. The maximum Gasteiger partial charge on any atom is 0.305 e. The van der Waals surface area contributed by atoms with Gasteiger partial charge in [0.25, 0.3) is 10.1 Å². The molecule has 1 heterocycles. The van der Waals surface area contributed by atoms with Crippen LogP contribution in [0.3, 0.4) is 0 Å². The van der Waals surface area contributed by atoms with Crippen LogP contribution in [0.2, 0.25) is 0 Å². The molecule has 0 radical (unpaired) electrons. The molecule has 2 aromatic rings. The topological polar surface area (TPSA) is 153 Å². The molecule has 0 spiro atoms. The van der Waals surface area contributed by atoms with Crippen LogP contribution in [0.1, 0.15) is 45.1 Å². The van der Waals surface area contributed by atoms with Gasteiger partial charge in [-0.2, -0.15) is 13.0 Å². The zero-order chi connectivity index (χ0) is 29.4. The highest BCUT2D eigenvalue weighted by molar-refractivity contribution is 7.86. The second kappa shape index (κ2) is 13.4. The van der Waals surface area contributed by atoms with Crippen molar-refractivity contribution in [3.63, 3.8) is 0 Å². The first kappa shape index (κ1) is 31.2. The van der Waals surface area contributed by atoms with Crippen LogP contribution >= 0.6 is 0 Å². The summed E-state index contributed by atoms with van der Waals surface area (Å²) >= 11 is 0. The first-order chi connectivity index (χ1) is 18.8. The number of nitrogens with zero attached hydrogens (tertiary/aromatic N) is 1. The van der Waals surface area contributed by atoms with Gasteiger partial charge in [-0.3, -0.25) is 9.35 Å². The van der Waals surface area contributed by atoms with Crippen LogP contribution in [0.25, 0.3) is 0 Å². The van der Waals surface area contributed by atoms with Gasteiger partial charge in [0.2, 0.25) is 5.69 Å². The Morgan fingerprint density at radius 3 is 2.48 bits per heavy atom. The number of allylic oxidation sites excluding steroid dienone is 3. The van der Waals surface area contributed by atoms with Crippen molar-refractivity contribution in [1.29, 1.82) is 0 Å². The normalized spacial score (nSPS) is 17.5. The van der Waals surface area contributed by atoms with E-state index < -0.39 is 31.4 Å². The molecule has 2 N–H and O–H groups in total. The van der Waals surface area contributed by atoms with Gasteiger partial charge in [-0.15, -0.1) is 0 Å². The quantitative estimate of drug-likeness (QED) is 0.143. The Labute approximate surface area is 235 Å². The molecule has 0 saturated carbocycles. The number of carbonyl (C=O) groups excluding carboxylic acids is 1. The molecular weight excluding hydrogens is 556 g/mol. The number of fused-ring (bicyclic) bond motifs is 1. The lowest BCUT2D eigenvalue weighted by molar-refractivity contribution is -0.437. The minimum Gasteiger partial charge on any atom is -0.744 e. The molecule has 1 atom stereocenters. The third-order valence-electron chi connectivity index (χ3n) is 6.63. The molecule has 1 aliphatic heterocycles. The zero-order valence-corrected chi connectivity index (χ0v) is 24.1. The number of para-hydroxylation sites is 1. The highest BCUT2D eigenvalue weighted by atomic mass is 32.2. The first-order valence-corrected chi connectivity index (χ1v) is 15.9. The van der Waals surface area contributed by atoms with E-state index in [0.29, 0.717) is 24.1 Å². The van der Waals surface area contributed by atoms with Gasteiger partial charge in [0, 0.05) is 42.4 Å². The number of benzene rings is 2. The molecule has 10 nitrogen and oxygen atoms in total. The second-order valence-corrected chi connectivity index (χ2v) is 12.5. The van der Waals surface area contributed by atoms with E-state index in [1.165, 1.54) is 18.2 Å². The molecule has 216 valence electrons. The van der Waals surface area contributed by atoms with Crippen LogP contribution in [0, 0.1) is 0 Å². The van der Waals surface area contributed by atoms with Gasteiger partial charge < -0.3 is 14.6 Å². The molecule has 40 heavy (non-hydrogen) atoms. The molecule has 0 aliphatic carbocycles. The van der Waals surface area contributed by atoms with Gasteiger partial charge in [0.05, 0.1) is 22.7 Å². The van der Waals surface area contributed by atoms with Crippen LogP contribution in [-0.4, -0.2) is 61.1 Å². The monoisotopic (exact) mass is 590 g/mol. The molecule has 0 aromatic heterocycles. The average Bonchev–Trinajstić information content (AvgIpc) is 3.10. The molecular formula is C28H34N2O8S2. The fourth-order valence-corrected chi connectivity index (χ4v) is 5.79. The van der Waals surface area contributed by atoms with E-state index in [2.05, 4.69) is 5.32 Å². The summed E-state index contributed by atoms with van der Waals surface area (Å²) in [6.45, 7) is 4.08. The molecule has 0 fully saturated rings. The Kier molecular flexibility index (Phi) is 10.4. The maximum absolute atomic E-state index is 12.0. The number of esters is 1. The Bertz CT molecular complexity index is 1510. The van der Waals surface area contributed by atoms with Crippen LogP contribution in [0.4, 0.5) is 11.4 Å². The summed E-state index contributed by atoms with van der Waals surface area (Å²) in [4.78, 5) is 11.6. The number of ether oxygens (including phenoxy) is 1. The van der Waals surface area contributed by atoms with Crippen molar-refractivity contribution >= 4 is 43.3 Å². The first-order valence-electron chi connectivity index (χ1n) is 12.9. The summed E-state index contributed by atoms with van der Waals surface area (Å²) in [5, 5.41) is 3.15. The molecule has 12 heteroatoms. The van der Waals surface area contributed by atoms with E-state index in [0.717, 1.165) is 11.4 Å². The van der Waals surface area contributed by atoms with Gasteiger partial charge in [0.1, 0.15) is 16.7 Å². The van der Waals surface area contributed by atoms with Gasteiger partial charge >= 0.3 is 5.97 Å². The van der Waals surface area contributed by atoms with Crippen LogP contribution in [0.5, 0.6) is 0 Å². The Morgan fingerprint density at radius 2 is 1.82 bits per heavy atom. The standard InChI is InChI=1S/C28H34N2O8S2/c1-3-38-27(31)14-9-17-28(2)24-21-23(40(35,36)37)15-16-25(24)30(19-10-20-39(32,33)34)26(28)13-7-8-18-29-22-11-5-4-6-12-22/h4-8,11-13,15-16,18,21H,3,9-10,14,17,19-20H2,1-2H3,(H2,32,33,34,35,36,37). The van der Waals surface area contributed by atoms with E-state index in [4.69, 9.17) is 4.74 Å². The largest absolute Gasteiger partial charge is 0.744 e. The fourth-order valence-electron chi connectivity index (χ4n) is 4.80. The molecule has 1 unspecified atom stereocenters. The van der Waals surface area contributed by atoms with Crippen molar-refractivity contribution in [1.82, 2.24) is 0 Å². The van der Waals surface area contributed by atoms with Gasteiger partial charge in [-0.25, -0.2) is 8.42 Å². The van der Waals surface area contributed by atoms with E-state index >= 15 is 0 Å². The highest BCUT2D eigenvalue weighted by Crippen LogP contribution is 2.44. The fraction of sp³-hybridized carbons (Fsp3) is 0.357. The lowest BCUT2D eigenvalue weighted by Gasteiger charge is -2.23. The predicted octanol–water partition coefficient (Wildman–Crippen LogP) is 4.14. The molecule has 0 amide bonds. The summed E-state index contributed by atoms with van der Waals surface area (Å²) in [6, 6.07) is 13.7.